The zero-order valence-electron chi connectivity index (χ0n) is 17.7. The van der Waals surface area contributed by atoms with Crippen LogP contribution >= 0.6 is 57.4 Å². The number of esters is 2. The van der Waals surface area contributed by atoms with Gasteiger partial charge in [0.1, 0.15) is 28.8 Å². The molecule has 0 radical (unpaired) electrons. The SMILES string of the molecule is CSCC(OC(=O)c1ccc(I)c(OC(=O)C(CC(C)(C)OI)C(C)C)c1)C(F)(F)F. The molecule has 0 saturated heterocycles. The van der Waals surface area contributed by atoms with E-state index in [1.54, 1.807) is 23.0 Å². The third-order valence-corrected chi connectivity index (χ3v) is 7.06. The number of carbonyl (C=O) groups is 2. The maximum absolute atomic E-state index is 13.1. The van der Waals surface area contributed by atoms with Gasteiger partial charge in [-0.25, -0.2) is 4.79 Å². The molecule has 0 N–H and O–H groups in total. The molecule has 0 aliphatic heterocycles. The zero-order valence-corrected chi connectivity index (χ0v) is 22.8. The van der Waals surface area contributed by atoms with Crippen LogP contribution in [0.4, 0.5) is 13.2 Å². The molecule has 0 saturated carbocycles. The molecule has 11 heteroatoms. The summed E-state index contributed by atoms with van der Waals surface area (Å²) in [5.41, 5.74) is -0.687. The highest BCUT2D eigenvalue weighted by Gasteiger charge is 2.42. The molecule has 0 amide bonds. The van der Waals surface area contributed by atoms with Crippen LogP contribution in [-0.2, 0) is 12.6 Å². The van der Waals surface area contributed by atoms with E-state index < -0.39 is 41.5 Å². The van der Waals surface area contributed by atoms with E-state index in [9.17, 15) is 22.8 Å². The first-order valence-electron chi connectivity index (χ1n) is 9.29. The number of benzene rings is 1. The molecular formula is C20H25F3I2O5S. The van der Waals surface area contributed by atoms with Crippen LogP contribution in [0.15, 0.2) is 18.2 Å². The molecular weight excluding hydrogens is 663 g/mol. The third-order valence-electron chi connectivity index (χ3n) is 4.34. The predicted molar refractivity (Wildman–Crippen MR) is 131 cm³/mol. The van der Waals surface area contributed by atoms with Gasteiger partial charge in [-0.05, 0) is 73.2 Å². The van der Waals surface area contributed by atoms with E-state index in [-0.39, 0.29) is 17.2 Å². The Kier molecular flexibility index (Phi) is 11.4. The summed E-state index contributed by atoms with van der Waals surface area (Å²) >= 11 is 4.63. The normalized spacial score (nSPS) is 14.3. The highest BCUT2D eigenvalue weighted by Crippen LogP contribution is 2.31. The van der Waals surface area contributed by atoms with E-state index in [1.165, 1.54) is 24.5 Å². The molecule has 2 atom stereocenters. The molecule has 0 bridgehead atoms. The lowest BCUT2D eigenvalue weighted by Crippen LogP contribution is -2.36. The van der Waals surface area contributed by atoms with Crippen LogP contribution in [0, 0.1) is 15.4 Å². The van der Waals surface area contributed by atoms with Gasteiger partial charge in [0.15, 0.2) is 0 Å². The van der Waals surface area contributed by atoms with E-state index in [0.717, 1.165) is 11.8 Å². The largest absolute Gasteiger partial charge is 0.448 e. The maximum Gasteiger partial charge on any atom is 0.426 e. The van der Waals surface area contributed by atoms with E-state index in [0.29, 0.717) is 9.99 Å². The second-order valence-corrected chi connectivity index (χ2v) is 10.4. The number of thioether (sulfide) groups is 1. The minimum Gasteiger partial charge on any atom is -0.448 e. The summed E-state index contributed by atoms with van der Waals surface area (Å²) < 4.78 is 55.3. The Labute approximate surface area is 212 Å². The van der Waals surface area contributed by atoms with Crippen LogP contribution in [0.25, 0.3) is 0 Å². The van der Waals surface area contributed by atoms with Gasteiger partial charge in [-0.15, -0.1) is 0 Å². The number of alkyl halides is 3. The molecule has 0 spiro atoms. The molecule has 0 aliphatic carbocycles. The van der Waals surface area contributed by atoms with Crippen molar-refractivity contribution in [1.29, 1.82) is 0 Å². The molecule has 1 aromatic carbocycles. The van der Waals surface area contributed by atoms with Crippen molar-refractivity contribution < 1.29 is 35.3 Å². The van der Waals surface area contributed by atoms with Crippen molar-refractivity contribution in [2.45, 2.75) is 52.0 Å². The van der Waals surface area contributed by atoms with Crippen LogP contribution in [0.5, 0.6) is 5.75 Å². The van der Waals surface area contributed by atoms with Crippen LogP contribution < -0.4 is 4.74 Å². The smallest absolute Gasteiger partial charge is 0.426 e. The molecule has 0 aromatic heterocycles. The molecule has 0 aliphatic rings. The predicted octanol–water partition coefficient (Wildman–Crippen LogP) is 6.45. The second kappa shape index (κ2) is 12.3. The van der Waals surface area contributed by atoms with Crippen molar-refractivity contribution in [2.75, 3.05) is 12.0 Å². The van der Waals surface area contributed by atoms with Gasteiger partial charge < -0.3 is 12.5 Å². The van der Waals surface area contributed by atoms with Gasteiger partial charge >= 0.3 is 18.1 Å². The summed E-state index contributed by atoms with van der Waals surface area (Å²) in [6.07, 6.45) is -4.99. The quantitative estimate of drug-likeness (QED) is 0.160. The second-order valence-electron chi connectivity index (χ2n) is 7.85. The standard InChI is InChI=1S/C20H25F3I2O5S/c1-11(2)13(9-19(3,4)30-25)18(27)28-15-8-12(6-7-14(15)24)17(26)29-16(10-31-5)20(21,22)23/h6-8,11,13,16H,9-10H2,1-5H3. The summed E-state index contributed by atoms with van der Waals surface area (Å²) in [6, 6.07) is 4.05. The lowest BCUT2D eigenvalue weighted by Gasteiger charge is -2.28. The highest BCUT2D eigenvalue weighted by atomic mass is 127. The Hall–Kier alpha value is -0.280. The summed E-state index contributed by atoms with van der Waals surface area (Å²) in [7, 11) is 0. The first-order valence-corrected chi connectivity index (χ1v) is 12.6. The lowest BCUT2D eigenvalue weighted by molar-refractivity contribution is -0.196. The average Bonchev–Trinajstić information content (AvgIpc) is 2.66. The van der Waals surface area contributed by atoms with Crippen LogP contribution in [-0.4, -0.2) is 41.8 Å². The molecule has 0 fully saturated rings. The van der Waals surface area contributed by atoms with E-state index in [4.69, 9.17) is 7.80 Å². The Morgan fingerprint density at radius 2 is 1.81 bits per heavy atom. The molecule has 176 valence electrons. The molecule has 2 unspecified atom stereocenters. The number of hydrogen-bond donors (Lipinski definition) is 0. The molecule has 1 aromatic rings. The first-order chi connectivity index (χ1) is 14.2. The van der Waals surface area contributed by atoms with Gasteiger partial charge in [0.25, 0.3) is 0 Å². The van der Waals surface area contributed by atoms with Crippen LogP contribution in [0.1, 0.15) is 44.5 Å². The van der Waals surface area contributed by atoms with Gasteiger partial charge in [0, 0.05) is 5.75 Å². The maximum atomic E-state index is 13.1. The highest BCUT2D eigenvalue weighted by molar-refractivity contribution is 14.1. The van der Waals surface area contributed by atoms with Gasteiger partial charge in [-0.2, -0.15) is 24.9 Å². The van der Waals surface area contributed by atoms with Crippen molar-refractivity contribution in [2.24, 2.45) is 11.8 Å². The summed E-state index contributed by atoms with van der Waals surface area (Å²) in [6.45, 7) is 7.48. The van der Waals surface area contributed by atoms with Gasteiger partial charge in [0.2, 0.25) is 6.10 Å². The molecule has 0 heterocycles. The van der Waals surface area contributed by atoms with E-state index in [1.807, 2.05) is 50.3 Å². The summed E-state index contributed by atoms with van der Waals surface area (Å²) in [5, 5.41) is 0. The fourth-order valence-corrected chi connectivity index (χ4v) is 3.77. The minimum absolute atomic E-state index is 0.0387. The first kappa shape index (κ1) is 28.8. The Morgan fingerprint density at radius 3 is 2.29 bits per heavy atom. The summed E-state index contributed by atoms with van der Waals surface area (Å²) in [4.78, 5) is 25.1. The Bertz CT molecular complexity index is 772. The van der Waals surface area contributed by atoms with E-state index >= 15 is 0 Å². The Morgan fingerprint density at radius 1 is 1.19 bits per heavy atom. The fourth-order valence-electron chi connectivity index (χ4n) is 2.59. The van der Waals surface area contributed by atoms with E-state index in [2.05, 4.69) is 4.74 Å². The number of carbonyl (C=O) groups excluding carboxylic acids is 2. The van der Waals surface area contributed by atoms with Crippen molar-refractivity contribution in [3.63, 3.8) is 0 Å². The van der Waals surface area contributed by atoms with Gasteiger partial charge in [-0.3, -0.25) is 4.79 Å². The zero-order chi connectivity index (χ0) is 24.0. The van der Waals surface area contributed by atoms with Crippen LogP contribution in [0.3, 0.4) is 0 Å². The minimum atomic E-state index is -4.67. The van der Waals surface area contributed by atoms with Crippen molar-refractivity contribution >= 4 is 69.3 Å². The molecule has 1 rings (SSSR count). The Balaban J connectivity index is 3.06. The fraction of sp³-hybridized carbons (Fsp3) is 0.600. The van der Waals surface area contributed by atoms with Gasteiger partial charge in [-0.1, -0.05) is 13.8 Å². The molecule has 31 heavy (non-hydrogen) atoms. The van der Waals surface area contributed by atoms with Crippen molar-refractivity contribution in [3.05, 3.63) is 27.3 Å². The van der Waals surface area contributed by atoms with Crippen molar-refractivity contribution in [1.82, 2.24) is 0 Å². The number of hydrogen-bond acceptors (Lipinski definition) is 6. The average molecular weight is 688 g/mol. The topological polar surface area (TPSA) is 61.8 Å². The lowest BCUT2D eigenvalue weighted by atomic mass is 9.85. The monoisotopic (exact) mass is 688 g/mol. The third kappa shape index (κ3) is 9.24. The van der Waals surface area contributed by atoms with Crippen LogP contribution in [0.2, 0.25) is 0 Å². The number of halogens is 5. The van der Waals surface area contributed by atoms with Crippen molar-refractivity contribution in [3.8, 4) is 5.75 Å². The number of rotatable bonds is 10. The molecule has 5 nitrogen and oxygen atoms in total. The van der Waals surface area contributed by atoms with Gasteiger partial charge in [0.05, 0.1) is 20.7 Å². The summed E-state index contributed by atoms with van der Waals surface area (Å²) in [5.74, 6) is -2.48. The number of ether oxygens (including phenoxy) is 2.